The quantitative estimate of drug-likeness (QED) is 0.548. The fraction of sp³-hybridized carbons (Fsp3) is 0.400. The molecule has 1 aromatic heterocycles. The molecule has 1 heterocycles. The molecule has 1 aromatic carbocycles. The lowest BCUT2D eigenvalue weighted by Gasteiger charge is -2.09. The van der Waals surface area contributed by atoms with E-state index < -0.39 is 5.97 Å². The topological polar surface area (TPSA) is 89.7 Å². The molecule has 0 bridgehead atoms. The number of aromatic nitrogens is 1. The first-order chi connectivity index (χ1) is 12.8. The summed E-state index contributed by atoms with van der Waals surface area (Å²) in [6.07, 6.45) is -0.225. The van der Waals surface area contributed by atoms with E-state index in [4.69, 9.17) is 14.2 Å². The summed E-state index contributed by atoms with van der Waals surface area (Å²) in [6.45, 7) is 7.66. The van der Waals surface area contributed by atoms with Crippen LogP contribution in [0.2, 0.25) is 0 Å². The minimum absolute atomic E-state index is 0.225. The van der Waals surface area contributed by atoms with Crippen molar-refractivity contribution < 1.29 is 23.8 Å². The van der Waals surface area contributed by atoms with Crippen LogP contribution in [0, 0.1) is 13.8 Å². The van der Waals surface area contributed by atoms with E-state index in [-0.39, 0.29) is 12.0 Å². The van der Waals surface area contributed by atoms with E-state index in [2.05, 4.69) is 10.3 Å². The Labute approximate surface area is 159 Å². The third-order valence-electron chi connectivity index (χ3n) is 3.91. The molecule has 0 radical (unpaired) electrons. The van der Waals surface area contributed by atoms with Crippen LogP contribution in [0.4, 0.5) is 0 Å². The standard InChI is InChI=1S/C20H26N2O5/c1-12(2)27-20(24)17-13(3)18(22-14(17)4)19(23)21-9-10-26-16-8-6-7-15(11-16)25-5/h6-8,11-12,22H,9-10H2,1-5H3,(H,21,23). The third-order valence-corrected chi connectivity index (χ3v) is 3.91. The normalized spacial score (nSPS) is 10.6. The molecule has 7 nitrogen and oxygen atoms in total. The van der Waals surface area contributed by atoms with Crippen molar-refractivity contribution in [1.29, 1.82) is 0 Å². The minimum Gasteiger partial charge on any atom is -0.497 e. The number of rotatable bonds is 8. The number of ether oxygens (including phenoxy) is 3. The van der Waals surface area contributed by atoms with Gasteiger partial charge in [-0.1, -0.05) is 6.07 Å². The van der Waals surface area contributed by atoms with Crippen LogP contribution in [-0.4, -0.2) is 43.2 Å². The molecule has 2 N–H and O–H groups in total. The molecule has 2 aromatic rings. The van der Waals surface area contributed by atoms with E-state index in [1.165, 1.54) is 0 Å². The summed E-state index contributed by atoms with van der Waals surface area (Å²) < 4.78 is 16.0. The van der Waals surface area contributed by atoms with Gasteiger partial charge in [0.05, 0.1) is 25.3 Å². The van der Waals surface area contributed by atoms with E-state index in [1.807, 2.05) is 18.2 Å². The lowest BCUT2D eigenvalue weighted by atomic mass is 10.1. The fourth-order valence-electron chi connectivity index (χ4n) is 2.67. The molecule has 0 fully saturated rings. The zero-order valence-corrected chi connectivity index (χ0v) is 16.3. The second kappa shape index (κ2) is 9.12. The molecule has 0 aliphatic heterocycles. The van der Waals surface area contributed by atoms with Gasteiger partial charge in [-0.05, 0) is 45.4 Å². The largest absolute Gasteiger partial charge is 0.497 e. The predicted octanol–water partition coefficient (Wildman–Crippen LogP) is 3.01. The molecule has 146 valence electrons. The molecule has 0 atom stereocenters. The number of amides is 1. The maximum absolute atomic E-state index is 12.4. The Morgan fingerprint density at radius 1 is 1.19 bits per heavy atom. The molecule has 0 aliphatic rings. The zero-order valence-electron chi connectivity index (χ0n) is 16.3. The fourth-order valence-corrected chi connectivity index (χ4v) is 2.67. The number of carbonyl (C=O) groups is 2. The van der Waals surface area contributed by atoms with Gasteiger partial charge in [0, 0.05) is 11.8 Å². The highest BCUT2D eigenvalue weighted by molar-refractivity contribution is 6.00. The summed E-state index contributed by atoms with van der Waals surface area (Å²) in [6, 6.07) is 7.24. The lowest BCUT2D eigenvalue weighted by Crippen LogP contribution is -2.29. The second-order valence-electron chi connectivity index (χ2n) is 6.36. The number of benzene rings is 1. The smallest absolute Gasteiger partial charge is 0.340 e. The molecule has 1 amide bonds. The number of hydrogen-bond donors (Lipinski definition) is 2. The van der Waals surface area contributed by atoms with Crippen LogP contribution < -0.4 is 14.8 Å². The zero-order chi connectivity index (χ0) is 20.0. The summed E-state index contributed by atoms with van der Waals surface area (Å²) in [5.74, 6) is 0.633. The van der Waals surface area contributed by atoms with E-state index in [0.29, 0.717) is 47.2 Å². The van der Waals surface area contributed by atoms with Gasteiger partial charge in [0.15, 0.2) is 0 Å². The minimum atomic E-state index is -0.434. The number of hydrogen-bond acceptors (Lipinski definition) is 5. The van der Waals surface area contributed by atoms with E-state index in [1.54, 1.807) is 40.9 Å². The van der Waals surface area contributed by atoms with Crippen LogP contribution in [-0.2, 0) is 4.74 Å². The highest BCUT2D eigenvalue weighted by Gasteiger charge is 2.23. The summed E-state index contributed by atoms with van der Waals surface area (Å²) >= 11 is 0. The average molecular weight is 374 g/mol. The van der Waals surface area contributed by atoms with Crippen molar-refractivity contribution in [3.05, 3.63) is 46.8 Å². The van der Waals surface area contributed by atoms with Gasteiger partial charge in [-0.2, -0.15) is 0 Å². The first kappa shape index (κ1) is 20.4. The number of aromatic amines is 1. The van der Waals surface area contributed by atoms with E-state index >= 15 is 0 Å². The number of H-pyrrole nitrogens is 1. The van der Waals surface area contributed by atoms with Crippen molar-refractivity contribution >= 4 is 11.9 Å². The average Bonchev–Trinajstić information content (AvgIpc) is 2.92. The Morgan fingerprint density at radius 2 is 1.89 bits per heavy atom. The summed E-state index contributed by atoms with van der Waals surface area (Å²) in [5.41, 5.74) is 1.94. The molecule has 0 spiro atoms. The molecular formula is C20H26N2O5. The van der Waals surface area contributed by atoms with Crippen molar-refractivity contribution in [2.45, 2.75) is 33.8 Å². The summed E-state index contributed by atoms with van der Waals surface area (Å²) in [4.78, 5) is 27.6. The first-order valence-corrected chi connectivity index (χ1v) is 8.78. The summed E-state index contributed by atoms with van der Waals surface area (Å²) in [7, 11) is 1.59. The monoisotopic (exact) mass is 374 g/mol. The highest BCUT2D eigenvalue weighted by Crippen LogP contribution is 2.20. The maximum atomic E-state index is 12.4. The molecule has 7 heteroatoms. The van der Waals surface area contributed by atoms with Crippen molar-refractivity contribution in [2.75, 3.05) is 20.3 Å². The van der Waals surface area contributed by atoms with E-state index in [0.717, 1.165) is 0 Å². The van der Waals surface area contributed by atoms with Gasteiger partial charge in [-0.15, -0.1) is 0 Å². The first-order valence-electron chi connectivity index (χ1n) is 8.78. The van der Waals surface area contributed by atoms with Crippen molar-refractivity contribution in [3.63, 3.8) is 0 Å². The van der Waals surface area contributed by atoms with Crippen molar-refractivity contribution in [2.24, 2.45) is 0 Å². The second-order valence-corrected chi connectivity index (χ2v) is 6.36. The third kappa shape index (κ3) is 5.26. The van der Waals surface area contributed by atoms with Crippen LogP contribution in [0.1, 0.15) is 46.0 Å². The molecule has 0 saturated heterocycles. The van der Waals surface area contributed by atoms with Gasteiger partial charge in [-0.25, -0.2) is 4.79 Å². The Bertz CT molecular complexity index is 811. The van der Waals surface area contributed by atoms with Gasteiger partial charge in [-0.3, -0.25) is 4.79 Å². The van der Waals surface area contributed by atoms with Crippen LogP contribution in [0.3, 0.4) is 0 Å². The van der Waals surface area contributed by atoms with Crippen LogP contribution >= 0.6 is 0 Å². The van der Waals surface area contributed by atoms with Crippen LogP contribution in [0.5, 0.6) is 11.5 Å². The summed E-state index contributed by atoms with van der Waals surface area (Å²) in [5, 5.41) is 2.78. The highest BCUT2D eigenvalue weighted by atomic mass is 16.5. The molecule has 27 heavy (non-hydrogen) atoms. The van der Waals surface area contributed by atoms with Gasteiger partial charge in [0.1, 0.15) is 23.8 Å². The molecule has 0 aliphatic carbocycles. The van der Waals surface area contributed by atoms with Gasteiger partial charge < -0.3 is 24.5 Å². The Balaban J connectivity index is 1.93. The Hall–Kier alpha value is -2.96. The Kier molecular flexibility index (Phi) is 6.87. The van der Waals surface area contributed by atoms with Gasteiger partial charge in [0.2, 0.25) is 0 Å². The predicted molar refractivity (Wildman–Crippen MR) is 102 cm³/mol. The molecular weight excluding hydrogens is 348 g/mol. The number of methoxy groups -OCH3 is 1. The van der Waals surface area contributed by atoms with Crippen molar-refractivity contribution in [1.82, 2.24) is 10.3 Å². The van der Waals surface area contributed by atoms with Crippen molar-refractivity contribution in [3.8, 4) is 11.5 Å². The molecule has 0 unspecified atom stereocenters. The van der Waals surface area contributed by atoms with Crippen LogP contribution in [0.25, 0.3) is 0 Å². The number of aryl methyl sites for hydroxylation is 1. The lowest BCUT2D eigenvalue weighted by molar-refractivity contribution is 0.0376. The van der Waals surface area contributed by atoms with E-state index in [9.17, 15) is 9.59 Å². The number of carbonyl (C=O) groups excluding carboxylic acids is 2. The SMILES string of the molecule is COc1cccc(OCCNC(=O)c2[nH]c(C)c(C(=O)OC(C)C)c2C)c1. The van der Waals surface area contributed by atoms with Gasteiger partial charge >= 0.3 is 5.97 Å². The van der Waals surface area contributed by atoms with Gasteiger partial charge in [0.25, 0.3) is 5.91 Å². The number of nitrogens with one attached hydrogen (secondary N) is 2. The number of esters is 1. The van der Waals surface area contributed by atoms with Crippen LogP contribution in [0.15, 0.2) is 24.3 Å². The molecule has 2 rings (SSSR count). The maximum Gasteiger partial charge on any atom is 0.340 e. The molecule has 0 saturated carbocycles. The Morgan fingerprint density at radius 3 is 2.56 bits per heavy atom.